The summed E-state index contributed by atoms with van der Waals surface area (Å²) in [4.78, 5) is 16.2. The van der Waals surface area contributed by atoms with Gasteiger partial charge in [-0.3, -0.25) is 4.90 Å². The zero-order valence-corrected chi connectivity index (χ0v) is 18.3. The highest BCUT2D eigenvalue weighted by Gasteiger charge is 2.27. The van der Waals surface area contributed by atoms with Gasteiger partial charge in [-0.2, -0.15) is 0 Å². The quantitative estimate of drug-likeness (QED) is 0.640. The molecule has 1 aliphatic heterocycles. The molecule has 7 nitrogen and oxygen atoms in total. The van der Waals surface area contributed by atoms with Gasteiger partial charge >= 0.3 is 0 Å². The van der Waals surface area contributed by atoms with Crippen molar-refractivity contribution in [1.82, 2.24) is 29.0 Å². The third-order valence-corrected chi connectivity index (χ3v) is 7.09. The number of ether oxygens (including phenoxy) is 1. The van der Waals surface area contributed by atoms with E-state index < -0.39 is 0 Å². The minimum atomic E-state index is 0.204. The molecule has 7 heteroatoms. The highest BCUT2D eigenvalue weighted by Crippen LogP contribution is 2.38. The van der Waals surface area contributed by atoms with Gasteiger partial charge in [-0.05, 0) is 45.1 Å². The number of hydrogen-bond acceptors (Lipinski definition) is 5. The van der Waals surface area contributed by atoms with Crippen molar-refractivity contribution in [3.63, 3.8) is 0 Å². The summed E-state index contributed by atoms with van der Waals surface area (Å²) in [5.41, 5.74) is 3.63. The summed E-state index contributed by atoms with van der Waals surface area (Å²) in [6, 6.07) is 0.568. The van der Waals surface area contributed by atoms with E-state index in [-0.39, 0.29) is 6.10 Å². The van der Waals surface area contributed by atoms with Crippen LogP contribution in [0.3, 0.4) is 0 Å². The molecule has 2 aliphatic rings. The summed E-state index contributed by atoms with van der Waals surface area (Å²) in [5, 5.41) is 1.11. The molecule has 5 rings (SSSR count). The van der Waals surface area contributed by atoms with Crippen LogP contribution >= 0.6 is 0 Å². The standard InChI is InChI=1S/C23H32N6O/c1-16-17(2)29(18-6-4-5-7-18)22-21(16)23(26-15-25-22)30-19-8-11-28(12-9-19)14-20-24-10-13-27(20)3/h10,13,15,18-19H,4-9,11-12,14H2,1-3H3. The van der Waals surface area contributed by atoms with Crippen molar-refractivity contribution in [2.75, 3.05) is 13.1 Å². The number of nitrogens with zero attached hydrogens (tertiary/aromatic N) is 6. The fourth-order valence-electron chi connectivity index (χ4n) is 5.18. The molecule has 0 unspecified atom stereocenters. The molecule has 30 heavy (non-hydrogen) atoms. The van der Waals surface area contributed by atoms with Crippen molar-refractivity contribution in [1.29, 1.82) is 0 Å². The number of hydrogen-bond donors (Lipinski definition) is 0. The van der Waals surface area contributed by atoms with E-state index in [1.165, 1.54) is 36.9 Å². The predicted octanol–water partition coefficient (Wildman–Crippen LogP) is 3.94. The molecule has 3 aromatic rings. The van der Waals surface area contributed by atoms with Crippen LogP contribution in [-0.2, 0) is 13.6 Å². The molecule has 1 saturated carbocycles. The van der Waals surface area contributed by atoms with Crippen LogP contribution in [-0.4, -0.2) is 48.2 Å². The van der Waals surface area contributed by atoms with Crippen molar-refractivity contribution < 1.29 is 4.74 Å². The lowest BCUT2D eigenvalue weighted by molar-refractivity contribution is 0.0926. The number of fused-ring (bicyclic) bond motifs is 1. The Hall–Kier alpha value is -2.41. The van der Waals surface area contributed by atoms with Crippen LogP contribution < -0.4 is 4.74 Å². The van der Waals surface area contributed by atoms with Crippen LogP contribution in [0, 0.1) is 13.8 Å². The van der Waals surface area contributed by atoms with Crippen LogP contribution in [0.2, 0.25) is 0 Å². The van der Waals surface area contributed by atoms with Crippen molar-refractivity contribution in [3.05, 3.63) is 35.8 Å². The molecule has 3 aromatic heterocycles. The molecular formula is C23H32N6O. The second kappa shape index (κ2) is 8.02. The van der Waals surface area contributed by atoms with E-state index in [9.17, 15) is 0 Å². The molecular weight excluding hydrogens is 376 g/mol. The van der Waals surface area contributed by atoms with Gasteiger partial charge in [0, 0.05) is 44.3 Å². The van der Waals surface area contributed by atoms with Crippen LogP contribution in [0.15, 0.2) is 18.7 Å². The molecule has 0 radical (unpaired) electrons. The fraction of sp³-hybridized carbons (Fsp3) is 0.609. The highest BCUT2D eigenvalue weighted by atomic mass is 16.5. The summed E-state index contributed by atoms with van der Waals surface area (Å²) in [6.45, 7) is 7.35. The molecule has 0 bridgehead atoms. The van der Waals surface area contributed by atoms with E-state index in [0.29, 0.717) is 6.04 Å². The summed E-state index contributed by atoms with van der Waals surface area (Å²) < 4.78 is 11.0. The van der Waals surface area contributed by atoms with Crippen molar-refractivity contribution in [3.8, 4) is 5.88 Å². The SMILES string of the molecule is Cc1c(C)n(C2CCCC2)c2ncnc(OC3CCN(Cc4nccn4C)CC3)c12. The van der Waals surface area contributed by atoms with Crippen LogP contribution in [0.4, 0.5) is 0 Å². The maximum absolute atomic E-state index is 6.48. The first-order valence-electron chi connectivity index (χ1n) is 11.3. The average molecular weight is 409 g/mol. The number of piperidine rings is 1. The van der Waals surface area contributed by atoms with Gasteiger partial charge < -0.3 is 13.9 Å². The number of likely N-dealkylation sites (tertiary alicyclic amines) is 1. The fourth-order valence-corrected chi connectivity index (χ4v) is 5.18. The molecule has 0 aromatic carbocycles. The minimum absolute atomic E-state index is 0.204. The molecule has 0 atom stereocenters. The van der Waals surface area contributed by atoms with E-state index in [1.807, 2.05) is 12.4 Å². The molecule has 0 spiro atoms. The second-order valence-electron chi connectivity index (χ2n) is 8.94. The zero-order valence-electron chi connectivity index (χ0n) is 18.3. The Morgan fingerprint density at radius 3 is 2.50 bits per heavy atom. The Balaban J connectivity index is 1.31. The first-order chi connectivity index (χ1) is 14.6. The lowest BCUT2D eigenvalue weighted by Crippen LogP contribution is -2.38. The summed E-state index contributed by atoms with van der Waals surface area (Å²) in [6.07, 6.45) is 12.9. The van der Waals surface area contributed by atoms with Crippen molar-refractivity contribution >= 4 is 11.0 Å². The molecule has 0 N–H and O–H groups in total. The van der Waals surface area contributed by atoms with Crippen LogP contribution in [0.1, 0.15) is 61.6 Å². The minimum Gasteiger partial charge on any atom is -0.474 e. The molecule has 2 fully saturated rings. The molecule has 1 saturated heterocycles. The summed E-state index contributed by atoms with van der Waals surface area (Å²) in [5.74, 6) is 1.88. The topological polar surface area (TPSA) is 61.0 Å². The first kappa shape index (κ1) is 19.5. The Bertz CT molecular complexity index is 1020. The number of imidazole rings is 1. The first-order valence-corrected chi connectivity index (χ1v) is 11.3. The van der Waals surface area contributed by atoms with Gasteiger partial charge in [0.1, 0.15) is 23.9 Å². The van der Waals surface area contributed by atoms with Gasteiger partial charge in [-0.15, -0.1) is 0 Å². The Labute approximate surface area is 178 Å². The number of aromatic nitrogens is 5. The van der Waals surface area contributed by atoms with E-state index in [4.69, 9.17) is 4.74 Å². The van der Waals surface area contributed by atoms with Crippen LogP contribution in [0.5, 0.6) is 5.88 Å². The van der Waals surface area contributed by atoms with E-state index in [2.05, 4.69) is 49.9 Å². The van der Waals surface area contributed by atoms with Gasteiger partial charge in [-0.1, -0.05) is 12.8 Å². The summed E-state index contributed by atoms with van der Waals surface area (Å²) >= 11 is 0. The third kappa shape index (κ3) is 3.49. The van der Waals surface area contributed by atoms with Crippen LogP contribution in [0.25, 0.3) is 11.0 Å². The van der Waals surface area contributed by atoms with Gasteiger partial charge in [0.25, 0.3) is 0 Å². The van der Waals surface area contributed by atoms with Crippen molar-refractivity contribution in [2.45, 2.75) is 71.1 Å². The predicted molar refractivity (Wildman–Crippen MR) is 117 cm³/mol. The number of rotatable bonds is 5. The lowest BCUT2D eigenvalue weighted by Gasteiger charge is -2.31. The van der Waals surface area contributed by atoms with E-state index in [0.717, 1.165) is 55.2 Å². The van der Waals surface area contributed by atoms with Crippen molar-refractivity contribution in [2.24, 2.45) is 7.05 Å². The second-order valence-corrected chi connectivity index (χ2v) is 8.94. The van der Waals surface area contributed by atoms with Gasteiger partial charge in [0.15, 0.2) is 0 Å². The Kier molecular flexibility index (Phi) is 5.23. The molecule has 4 heterocycles. The summed E-state index contributed by atoms with van der Waals surface area (Å²) in [7, 11) is 2.06. The van der Waals surface area contributed by atoms with Gasteiger partial charge in [-0.25, -0.2) is 15.0 Å². The maximum atomic E-state index is 6.48. The molecule has 160 valence electrons. The number of aryl methyl sites for hydroxylation is 2. The van der Waals surface area contributed by atoms with E-state index >= 15 is 0 Å². The highest BCUT2D eigenvalue weighted by molar-refractivity contribution is 5.86. The average Bonchev–Trinajstić information content (AvgIpc) is 3.46. The monoisotopic (exact) mass is 408 g/mol. The Morgan fingerprint density at radius 1 is 1.03 bits per heavy atom. The van der Waals surface area contributed by atoms with Gasteiger partial charge in [0.2, 0.25) is 5.88 Å². The normalized spacial score (nSPS) is 19.2. The largest absolute Gasteiger partial charge is 0.474 e. The lowest BCUT2D eigenvalue weighted by atomic mass is 10.1. The third-order valence-electron chi connectivity index (χ3n) is 7.09. The Morgan fingerprint density at radius 2 is 1.80 bits per heavy atom. The van der Waals surface area contributed by atoms with E-state index in [1.54, 1.807) is 6.33 Å². The maximum Gasteiger partial charge on any atom is 0.226 e. The smallest absolute Gasteiger partial charge is 0.226 e. The van der Waals surface area contributed by atoms with Gasteiger partial charge in [0.05, 0.1) is 11.9 Å². The molecule has 0 amide bonds. The molecule has 1 aliphatic carbocycles. The zero-order chi connectivity index (χ0) is 20.7.